The third-order valence-electron chi connectivity index (χ3n) is 3.95. The Hall–Kier alpha value is -0.930. The fourth-order valence-corrected chi connectivity index (χ4v) is 2.61. The molecule has 1 unspecified atom stereocenters. The Bertz CT molecular complexity index is 415. The van der Waals surface area contributed by atoms with Crippen LogP contribution in [-0.2, 0) is 0 Å². The summed E-state index contributed by atoms with van der Waals surface area (Å²) in [6.07, 6.45) is 3.77. The summed E-state index contributed by atoms with van der Waals surface area (Å²) in [6, 6.07) is 5.68. The van der Waals surface area contributed by atoms with Gasteiger partial charge in [-0.25, -0.2) is 4.39 Å². The lowest BCUT2D eigenvalue weighted by Crippen LogP contribution is -2.36. The molecule has 1 saturated carbocycles. The largest absolute Gasteiger partial charge is 0.329 e. The van der Waals surface area contributed by atoms with Gasteiger partial charge in [0, 0.05) is 19.1 Å². The van der Waals surface area contributed by atoms with Gasteiger partial charge in [0.2, 0.25) is 0 Å². The topological polar surface area (TPSA) is 29.3 Å². The van der Waals surface area contributed by atoms with Crippen LogP contribution in [0.1, 0.15) is 43.4 Å². The number of halogens is 1. The zero-order chi connectivity index (χ0) is 13.8. The third-order valence-corrected chi connectivity index (χ3v) is 3.95. The van der Waals surface area contributed by atoms with E-state index in [9.17, 15) is 4.39 Å². The summed E-state index contributed by atoms with van der Waals surface area (Å²) < 4.78 is 13.7. The van der Waals surface area contributed by atoms with E-state index in [1.807, 2.05) is 12.1 Å². The summed E-state index contributed by atoms with van der Waals surface area (Å²) in [5, 5.41) is 0. The van der Waals surface area contributed by atoms with Gasteiger partial charge in [-0.05, 0) is 55.8 Å². The highest BCUT2D eigenvalue weighted by Crippen LogP contribution is 2.33. The molecule has 0 aromatic heterocycles. The summed E-state index contributed by atoms with van der Waals surface area (Å²) in [5.41, 5.74) is 7.67. The van der Waals surface area contributed by atoms with Crippen molar-refractivity contribution in [3.05, 3.63) is 35.1 Å². The lowest BCUT2D eigenvalue weighted by atomic mass is 10.0. The molecular weight excluding hydrogens is 239 g/mol. The molecule has 0 amide bonds. The van der Waals surface area contributed by atoms with Gasteiger partial charge in [0.25, 0.3) is 0 Å². The van der Waals surface area contributed by atoms with Crippen molar-refractivity contribution in [2.24, 2.45) is 11.7 Å². The molecule has 1 aromatic carbocycles. The fraction of sp³-hybridized carbons (Fsp3) is 0.625. The smallest absolute Gasteiger partial charge is 0.126 e. The summed E-state index contributed by atoms with van der Waals surface area (Å²) in [4.78, 5) is 2.43. The van der Waals surface area contributed by atoms with Crippen LogP contribution in [0, 0.1) is 18.7 Å². The number of aryl methyl sites for hydroxylation is 1. The minimum absolute atomic E-state index is 0.126. The van der Waals surface area contributed by atoms with Crippen molar-refractivity contribution >= 4 is 0 Å². The Morgan fingerprint density at radius 2 is 2.16 bits per heavy atom. The van der Waals surface area contributed by atoms with Crippen molar-refractivity contribution in [1.82, 2.24) is 4.90 Å². The van der Waals surface area contributed by atoms with Gasteiger partial charge in [-0.15, -0.1) is 0 Å². The molecule has 106 valence electrons. The lowest BCUT2D eigenvalue weighted by molar-refractivity contribution is 0.193. The number of hydrogen-bond donors (Lipinski definition) is 1. The van der Waals surface area contributed by atoms with Crippen LogP contribution in [0.15, 0.2) is 18.2 Å². The maximum absolute atomic E-state index is 13.7. The highest BCUT2D eigenvalue weighted by atomic mass is 19.1. The molecule has 1 fully saturated rings. The maximum Gasteiger partial charge on any atom is 0.126 e. The average Bonchev–Trinajstić information content (AvgIpc) is 3.19. The van der Waals surface area contributed by atoms with Crippen LogP contribution in [-0.4, -0.2) is 24.5 Å². The van der Waals surface area contributed by atoms with Crippen molar-refractivity contribution in [2.75, 3.05) is 19.6 Å². The quantitative estimate of drug-likeness (QED) is 0.819. The monoisotopic (exact) mass is 264 g/mol. The van der Waals surface area contributed by atoms with E-state index in [0.717, 1.165) is 31.0 Å². The molecule has 1 atom stereocenters. The van der Waals surface area contributed by atoms with Crippen LogP contribution in [0.3, 0.4) is 0 Å². The number of rotatable bonds is 7. The molecule has 0 bridgehead atoms. The molecule has 0 saturated heterocycles. The summed E-state index contributed by atoms with van der Waals surface area (Å²) >= 11 is 0. The van der Waals surface area contributed by atoms with Gasteiger partial charge in [-0.2, -0.15) is 0 Å². The summed E-state index contributed by atoms with van der Waals surface area (Å²) in [5.74, 6) is 0.703. The van der Waals surface area contributed by atoms with E-state index in [2.05, 4.69) is 11.8 Å². The first kappa shape index (κ1) is 14.5. The Labute approximate surface area is 115 Å². The molecule has 0 heterocycles. The molecule has 2 N–H and O–H groups in total. The van der Waals surface area contributed by atoms with E-state index in [1.54, 1.807) is 13.0 Å². The standard InChI is InChI=1S/C16H25FN2/c1-3-8-19(11-13-5-6-13)16(10-18)14-7-4-12(2)15(17)9-14/h4,7,9,13,16H,3,5-6,8,10-11,18H2,1-2H3. The van der Waals surface area contributed by atoms with Crippen molar-refractivity contribution in [3.63, 3.8) is 0 Å². The molecule has 19 heavy (non-hydrogen) atoms. The van der Waals surface area contributed by atoms with Crippen molar-refractivity contribution in [1.29, 1.82) is 0 Å². The number of hydrogen-bond acceptors (Lipinski definition) is 2. The van der Waals surface area contributed by atoms with E-state index in [4.69, 9.17) is 5.73 Å². The Kier molecular flexibility index (Phi) is 4.94. The van der Waals surface area contributed by atoms with Crippen LogP contribution in [0.2, 0.25) is 0 Å². The molecule has 1 aliphatic rings. The highest BCUT2D eigenvalue weighted by molar-refractivity contribution is 5.26. The molecule has 3 heteroatoms. The number of nitrogens with zero attached hydrogens (tertiary/aromatic N) is 1. The summed E-state index contributed by atoms with van der Waals surface area (Å²) in [7, 11) is 0. The molecule has 0 aliphatic heterocycles. The molecule has 2 rings (SSSR count). The van der Waals surface area contributed by atoms with Gasteiger partial charge < -0.3 is 5.73 Å². The Morgan fingerprint density at radius 1 is 1.42 bits per heavy atom. The van der Waals surface area contributed by atoms with Gasteiger partial charge in [0.1, 0.15) is 5.82 Å². The predicted molar refractivity (Wildman–Crippen MR) is 77.5 cm³/mol. The molecule has 0 radical (unpaired) electrons. The van der Waals surface area contributed by atoms with Gasteiger partial charge in [0.15, 0.2) is 0 Å². The first-order valence-corrected chi connectivity index (χ1v) is 7.35. The second-order valence-corrected chi connectivity index (χ2v) is 5.70. The highest BCUT2D eigenvalue weighted by Gasteiger charge is 2.28. The van der Waals surface area contributed by atoms with Crippen LogP contribution in [0.5, 0.6) is 0 Å². The average molecular weight is 264 g/mol. The zero-order valence-corrected chi connectivity index (χ0v) is 12.0. The Morgan fingerprint density at radius 3 is 2.68 bits per heavy atom. The molecule has 0 spiro atoms. The fourth-order valence-electron chi connectivity index (χ4n) is 2.61. The van der Waals surface area contributed by atoms with Gasteiger partial charge in [0.05, 0.1) is 0 Å². The van der Waals surface area contributed by atoms with Crippen molar-refractivity contribution in [3.8, 4) is 0 Å². The van der Waals surface area contributed by atoms with Crippen molar-refractivity contribution in [2.45, 2.75) is 39.2 Å². The van der Waals surface area contributed by atoms with E-state index in [0.29, 0.717) is 12.1 Å². The van der Waals surface area contributed by atoms with E-state index in [1.165, 1.54) is 12.8 Å². The summed E-state index contributed by atoms with van der Waals surface area (Å²) in [6.45, 7) is 6.67. The van der Waals surface area contributed by atoms with Crippen LogP contribution in [0.4, 0.5) is 4.39 Å². The third kappa shape index (κ3) is 3.77. The second kappa shape index (κ2) is 6.49. The minimum Gasteiger partial charge on any atom is -0.329 e. The predicted octanol–water partition coefficient (Wildman–Crippen LogP) is 3.26. The Balaban J connectivity index is 2.16. The first-order chi connectivity index (χ1) is 9.15. The minimum atomic E-state index is -0.126. The van der Waals surface area contributed by atoms with Crippen LogP contribution >= 0.6 is 0 Å². The molecule has 1 aliphatic carbocycles. The van der Waals surface area contributed by atoms with Gasteiger partial charge in [-0.3, -0.25) is 4.90 Å². The van der Waals surface area contributed by atoms with E-state index < -0.39 is 0 Å². The molecule has 1 aromatic rings. The zero-order valence-electron chi connectivity index (χ0n) is 12.0. The van der Waals surface area contributed by atoms with E-state index >= 15 is 0 Å². The van der Waals surface area contributed by atoms with Crippen LogP contribution in [0.25, 0.3) is 0 Å². The SMILES string of the molecule is CCCN(CC1CC1)C(CN)c1ccc(C)c(F)c1. The molecule has 2 nitrogen and oxygen atoms in total. The van der Waals surface area contributed by atoms with Crippen LogP contribution < -0.4 is 5.73 Å². The van der Waals surface area contributed by atoms with Gasteiger partial charge in [-0.1, -0.05) is 19.1 Å². The second-order valence-electron chi connectivity index (χ2n) is 5.70. The maximum atomic E-state index is 13.7. The lowest BCUT2D eigenvalue weighted by Gasteiger charge is -2.31. The molecular formula is C16H25FN2. The van der Waals surface area contributed by atoms with E-state index in [-0.39, 0.29) is 11.9 Å². The first-order valence-electron chi connectivity index (χ1n) is 7.35. The van der Waals surface area contributed by atoms with Crippen molar-refractivity contribution < 1.29 is 4.39 Å². The number of nitrogens with two attached hydrogens (primary N) is 1. The van der Waals surface area contributed by atoms with Gasteiger partial charge >= 0.3 is 0 Å². The number of benzene rings is 1. The normalized spacial score (nSPS) is 16.9.